The highest BCUT2D eigenvalue weighted by Crippen LogP contribution is 2.30. The first-order valence-electron chi connectivity index (χ1n) is 2.85. The number of benzene rings is 1. The third-order valence-electron chi connectivity index (χ3n) is 1.21. The van der Waals surface area contributed by atoms with Gasteiger partial charge in [0.25, 0.3) is 5.69 Å². The summed E-state index contributed by atoms with van der Waals surface area (Å²) >= 11 is 9.33. The Morgan fingerprint density at radius 2 is 2.17 bits per heavy atom. The Labute approximate surface area is 96.4 Å². The van der Waals surface area contributed by atoms with E-state index in [1.807, 2.05) is 22.6 Å². The topological polar surface area (TPSA) is 43.1 Å². The Balaban J connectivity index is 3.31. The predicted octanol–water partition coefficient (Wildman–Crippen LogP) is 3.25. The maximum atomic E-state index is 10.4. The molecule has 0 fully saturated rings. The molecule has 1 aromatic carbocycles. The van der Waals surface area contributed by atoms with Crippen LogP contribution in [0.1, 0.15) is 0 Å². The predicted molar refractivity (Wildman–Crippen MR) is 60.8 cm³/mol. The summed E-state index contributed by atoms with van der Waals surface area (Å²) in [6.45, 7) is 0. The molecule has 0 N–H and O–H groups in total. The van der Waals surface area contributed by atoms with Crippen molar-refractivity contribution in [1.29, 1.82) is 0 Å². The molecule has 1 rings (SSSR count). The van der Waals surface area contributed by atoms with Crippen molar-refractivity contribution in [2.45, 2.75) is 4.90 Å². The summed E-state index contributed by atoms with van der Waals surface area (Å²) in [6, 6.07) is 2.91. The summed E-state index contributed by atoms with van der Waals surface area (Å²) in [7, 11) is 0. The lowest BCUT2D eigenvalue weighted by molar-refractivity contribution is -0.385. The zero-order chi connectivity index (χ0) is 9.30. The van der Waals surface area contributed by atoms with Crippen LogP contribution in [0, 0.1) is 13.7 Å². The van der Waals surface area contributed by atoms with Crippen LogP contribution in [0.4, 0.5) is 5.69 Å². The number of nitro benzene ring substituents is 1. The van der Waals surface area contributed by atoms with E-state index in [2.05, 4.69) is 28.6 Å². The number of nitrogens with zero attached hydrogens (tertiary/aromatic N) is 1. The quantitative estimate of drug-likeness (QED) is 0.362. The number of non-ortho nitro benzene ring substituents is 1. The van der Waals surface area contributed by atoms with Gasteiger partial charge in [0.05, 0.1) is 4.92 Å². The van der Waals surface area contributed by atoms with Gasteiger partial charge in [-0.15, -0.1) is 12.6 Å². The van der Waals surface area contributed by atoms with Crippen molar-refractivity contribution in [3.05, 3.63) is 30.3 Å². The van der Waals surface area contributed by atoms with Gasteiger partial charge in [-0.2, -0.15) is 0 Å². The van der Waals surface area contributed by atoms with Crippen LogP contribution in [0.15, 0.2) is 21.5 Å². The molecule has 0 unspecified atom stereocenters. The van der Waals surface area contributed by atoms with E-state index in [0.29, 0.717) is 4.47 Å². The summed E-state index contributed by atoms with van der Waals surface area (Å²) in [5.74, 6) is 0. The second-order valence-electron chi connectivity index (χ2n) is 2.02. The molecule has 0 saturated carbocycles. The van der Waals surface area contributed by atoms with Gasteiger partial charge in [0.15, 0.2) is 0 Å². The fourth-order valence-corrected chi connectivity index (χ4v) is 2.21. The first-order chi connectivity index (χ1) is 5.52. The van der Waals surface area contributed by atoms with Gasteiger partial charge in [-0.25, -0.2) is 0 Å². The molecule has 0 aliphatic rings. The zero-order valence-corrected chi connectivity index (χ0v) is 10.3. The van der Waals surface area contributed by atoms with Crippen LogP contribution >= 0.6 is 51.1 Å². The maximum absolute atomic E-state index is 10.4. The fourth-order valence-electron chi connectivity index (χ4n) is 0.658. The Morgan fingerprint density at radius 3 is 2.58 bits per heavy atom. The third-order valence-corrected chi connectivity index (χ3v) is 3.90. The lowest BCUT2D eigenvalue weighted by atomic mass is 10.3. The average Bonchev–Trinajstić information content (AvgIpc) is 1.99. The van der Waals surface area contributed by atoms with E-state index in [1.54, 1.807) is 0 Å². The minimum absolute atomic E-state index is 0.0732. The first-order valence-corrected chi connectivity index (χ1v) is 5.16. The molecule has 64 valence electrons. The van der Waals surface area contributed by atoms with Crippen LogP contribution in [-0.2, 0) is 0 Å². The molecular formula is C6H3BrINO2S. The van der Waals surface area contributed by atoms with Crippen molar-refractivity contribution in [1.82, 2.24) is 0 Å². The smallest absolute Gasteiger partial charge is 0.258 e. The molecule has 0 radical (unpaired) electrons. The van der Waals surface area contributed by atoms with E-state index in [0.717, 1.165) is 8.47 Å². The van der Waals surface area contributed by atoms with Gasteiger partial charge in [-0.1, -0.05) is 0 Å². The van der Waals surface area contributed by atoms with E-state index in [-0.39, 0.29) is 5.69 Å². The van der Waals surface area contributed by atoms with Gasteiger partial charge in [0.2, 0.25) is 0 Å². The zero-order valence-electron chi connectivity index (χ0n) is 5.62. The maximum Gasteiger partial charge on any atom is 0.271 e. The largest absolute Gasteiger partial charge is 0.271 e. The minimum Gasteiger partial charge on any atom is -0.258 e. The van der Waals surface area contributed by atoms with Crippen molar-refractivity contribution >= 4 is 56.8 Å². The molecule has 0 heterocycles. The fraction of sp³-hybridized carbons (Fsp3) is 0. The summed E-state index contributed by atoms with van der Waals surface area (Å²) < 4.78 is 1.40. The highest BCUT2D eigenvalue weighted by molar-refractivity contribution is 14.1. The Kier molecular flexibility index (Phi) is 3.36. The Hall–Kier alpha value is 0.180. The molecule has 3 nitrogen and oxygen atoms in total. The van der Waals surface area contributed by atoms with Gasteiger partial charge in [0, 0.05) is 25.1 Å². The molecule has 12 heavy (non-hydrogen) atoms. The number of halogens is 2. The minimum atomic E-state index is -0.430. The number of thiol groups is 1. The lowest BCUT2D eigenvalue weighted by Crippen LogP contribution is -1.89. The molecular weight excluding hydrogens is 357 g/mol. The SMILES string of the molecule is O=[N+]([O-])c1cc(Br)c(S)c(I)c1. The standard InChI is InChI=1S/C6H3BrINO2S/c7-4-1-3(9(10)11)2-5(8)6(4)12/h1-2,12H. The lowest BCUT2D eigenvalue weighted by Gasteiger charge is -1.99. The highest BCUT2D eigenvalue weighted by Gasteiger charge is 2.10. The van der Waals surface area contributed by atoms with Gasteiger partial charge in [0.1, 0.15) is 0 Å². The van der Waals surface area contributed by atoms with Crippen LogP contribution < -0.4 is 0 Å². The van der Waals surface area contributed by atoms with Crippen LogP contribution in [0.2, 0.25) is 0 Å². The third kappa shape index (κ3) is 2.11. The molecule has 1 aromatic rings. The Morgan fingerprint density at radius 1 is 1.58 bits per heavy atom. The molecule has 0 aromatic heterocycles. The number of nitro groups is 1. The van der Waals surface area contributed by atoms with Crippen LogP contribution in [0.5, 0.6) is 0 Å². The summed E-state index contributed by atoms with van der Waals surface area (Å²) in [4.78, 5) is 10.7. The molecule has 0 spiro atoms. The highest BCUT2D eigenvalue weighted by atomic mass is 127. The van der Waals surface area contributed by atoms with E-state index in [4.69, 9.17) is 0 Å². The molecule has 0 amide bonds. The molecule has 0 aliphatic carbocycles. The molecule has 0 atom stereocenters. The van der Waals surface area contributed by atoms with Crippen molar-refractivity contribution in [3.8, 4) is 0 Å². The molecule has 0 saturated heterocycles. The second-order valence-corrected chi connectivity index (χ2v) is 4.48. The van der Waals surface area contributed by atoms with Crippen molar-refractivity contribution in [2.24, 2.45) is 0 Å². The van der Waals surface area contributed by atoms with E-state index in [9.17, 15) is 10.1 Å². The number of hydrogen-bond donors (Lipinski definition) is 1. The summed E-state index contributed by atoms with van der Waals surface area (Å²) in [5.41, 5.74) is 0.0732. The summed E-state index contributed by atoms with van der Waals surface area (Å²) in [5, 5.41) is 10.4. The first kappa shape index (κ1) is 10.3. The molecule has 0 bridgehead atoms. The van der Waals surface area contributed by atoms with Crippen molar-refractivity contribution in [3.63, 3.8) is 0 Å². The Bertz CT molecular complexity index is 321. The van der Waals surface area contributed by atoms with Crippen LogP contribution in [-0.4, -0.2) is 4.92 Å². The van der Waals surface area contributed by atoms with Crippen LogP contribution in [0.25, 0.3) is 0 Å². The average molecular weight is 360 g/mol. The van der Waals surface area contributed by atoms with Gasteiger partial charge in [-0.05, 0) is 38.5 Å². The van der Waals surface area contributed by atoms with Gasteiger partial charge in [-0.3, -0.25) is 10.1 Å². The monoisotopic (exact) mass is 359 g/mol. The van der Waals surface area contributed by atoms with E-state index in [1.165, 1.54) is 12.1 Å². The van der Waals surface area contributed by atoms with E-state index < -0.39 is 4.92 Å². The normalized spacial score (nSPS) is 9.92. The van der Waals surface area contributed by atoms with Gasteiger partial charge < -0.3 is 0 Å². The van der Waals surface area contributed by atoms with Gasteiger partial charge >= 0.3 is 0 Å². The van der Waals surface area contributed by atoms with E-state index >= 15 is 0 Å². The summed E-state index contributed by atoms with van der Waals surface area (Å²) in [6.07, 6.45) is 0. The van der Waals surface area contributed by atoms with Crippen LogP contribution in [0.3, 0.4) is 0 Å². The number of hydrogen-bond acceptors (Lipinski definition) is 3. The molecule has 6 heteroatoms. The number of rotatable bonds is 1. The second kappa shape index (κ2) is 3.93. The van der Waals surface area contributed by atoms with Crippen molar-refractivity contribution in [2.75, 3.05) is 0 Å². The van der Waals surface area contributed by atoms with Crippen molar-refractivity contribution < 1.29 is 4.92 Å². The molecule has 0 aliphatic heterocycles.